The van der Waals surface area contributed by atoms with Gasteiger partial charge >= 0.3 is 0 Å². The summed E-state index contributed by atoms with van der Waals surface area (Å²) in [4.78, 5) is 2.49. The van der Waals surface area contributed by atoms with E-state index in [0.29, 0.717) is 0 Å². The molecule has 17 heavy (non-hydrogen) atoms. The summed E-state index contributed by atoms with van der Waals surface area (Å²) < 4.78 is 1.22. The number of nitrogens with one attached hydrogen (secondary N) is 1. The van der Waals surface area contributed by atoms with Crippen LogP contribution in [0.3, 0.4) is 0 Å². The molecule has 1 heterocycles. The van der Waals surface area contributed by atoms with E-state index in [-0.39, 0.29) is 0 Å². The first kappa shape index (κ1) is 13.1. The van der Waals surface area contributed by atoms with Gasteiger partial charge in [0.25, 0.3) is 0 Å². The van der Waals surface area contributed by atoms with Gasteiger partial charge in [0.15, 0.2) is 0 Å². The van der Waals surface area contributed by atoms with Gasteiger partial charge in [-0.1, -0.05) is 34.1 Å². The van der Waals surface area contributed by atoms with Gasteiger partial charge < -0.3 is 5.32 Å². The molecule has 1 atom stereocenters. The van der Waals surface area contributed by atoms with Crippen molar-refractivity contribution >= 4 is 15.9 Å². The molecule has 1 N–H and O–H groups in total. The van der Waals surface area contributed by atoms with Crippen molar-refractivity contribution in [2.45, 2.75) is 31.8 Å². The second-order valence-electron chi connectivity index (χ2n) is 4.84. The fourth-order valence-corrected chi connectivity index (χ4v) is 2.88. The highest BCUT2D eigenvalue weighted by Gasteiger charge is 2.17. The SMILES string of the molecule is CN(Cc1ccccc1Br)C1CCCNCC1. The molecule has 2 rings (SSSR count). The molecule has 0 saturated carbocycles. The standard InChI is InChI=1S/C14H21BrN2/c1-17(13-6-4-9-16-10-8-13)11-12-5-2-3-7-14(12)15/h2-3,5,7,13,16H,4,6,8-11H2,1H3. The highest BCUT2D eigenvalue weighted by molar-refractivity contribution is 9.10. The Labute approximate surface area is 113 Å². The molecule has 1 fully saturated rings. The summed E-state index contributed by atoms with van der Waals surface area (Å²) in [6.45, 7) is 3.37. The molecule has 2 nitrogen and oxygen atoms in total. The highest BCUT2D eigenvalue weighted by Crippen LogP contribution is 2.20. The summed E-state index contributed by atoms with van der Waals surface area (Å²) >= 11 is 3.63. The summed E-state index contributed by atoms with van der Waals surface area (Å²) in [6, 6.07) is 9.23. The Morgan fingerprint density at radius 2 is 2.12 bits per heavy atom. The third-order valence-electron chi connectivity index (χ3n) is 3.55. The van der Waals surface area contributed by atoms with Gasteiger partial charge in [-0.3, -0.25) is 4.90 Å². The molecule has 1 aromatic carbocycles. The van der Waals surface area contributed by atoms with Crippen molar-refractivity contribution in [2.75, 3.05) is 20.1 Å². The van der Waals surface area contributed by atoms with E-state index < -0.39 is 0 Å². The Bertz CT molecular complexity index is 346. The molecule has 1 aliphatic heterocycles. The predicted octanol–water partition coefficient (Wildman–Crippen LogP) is 3.02. The summed E-state index contributed by atoms with van der Waals surface area (Å²) in [6.07, 6.45) is 3.87. The molecule has 1 saturated heterocycles. The zero-order valence-corrected chi connectivity index (χ0v) is 12.0. The quantitative estimate of drug-likeness (QED) is 0.922. The van der Waals surface area contributed by atoms with Gasteiger partial charge in [0.1, 0.15) is 0 Å². The maximum absolute atomic E-state index is 3.63. The van der Waals surface area contributed by atoms with E-state index in [1.807, 2.05) is 0 Å². The molecule has 1 aromatic rings. The highest BCUT2D eigenvalue weighted by atomic mass is 79.9. The summed E-state index contributed by atoms with van der Waals surface area (Å²) in [5, 5.41) is 3.47. The van der Waals surface area contributed by atoms with Crippen LogP contribution < -0.4 is 5.32 Å². The lowest BCUT2D eigenvalue weighted by atomic mass is 10.1. The van der Waals surface area contributed by atoms with E-state index in [1.165, 1.54) is 35.8 Å². The first-order chi connectivity index (χ1) is 8.27. The molecule has 0 amide bonds. The van der Waals surface area contributed by atoms with E-state index in [1.54, 1.807) is 0 Å². The van der Waals surface area contributed by atoms with E-state index in [9.17, 15) is 0 Å². The largest absolute Gasteiger partial charge is 0.317 e. The number of halogens is 1. The molecule has 1 unspecified atom stereocenters. The predicted molar refractivity (Wildman–Crippen MR) is 76.1 cm³/mol. The van der Waals surface area contributed by atoms with Crippen LogP contribution in [-0.2, 0) is 6.54 Å². The van der Waals surface area contributed by atoms with Crippen LogP contribution in [0, 0.1) is 0 Å². The third kappa shape index (κ3) is 3.80. The minimum atomic E-state index is 0.720. The van der Waals surface area contributed by atoms with E-state index in [2.05, 4.69) is 57.5 Å². The van der Waals surface area contributed by atoms with Gasteiger partial charge in [-0.15, -0.1) is 0 Å². The molecule has 0 aliphatic carbocycles. The van der Waals surface area contributed by atoms with Crippen LogP contribution in [0.5, 0.6) is 0 Å². The van der Waals surface area contributed by atoms with E-state index in [4.69, 9.17) is 0 Å². The van der Waals surface area contributed by atoms with Gasteiger partial charge in [-0.2, -0.15) is 0 Å². The van der Waals surface area contributed by atoms with Crippen LogP contribution in [-0.4, -0.2) is 31.1 Å². The molecule has 3 heteroatoms. The van der Waals surface area contributed by atoms with Crippen molar-refractivity contribution in [3.63, 3.8) is 0 Å². The van der Waals surface area contributed by atoms with Crippen LogP contribution in [0.15, 0.2) is 28.7 Å². The smallest absolute Gasteiger partial charge is 0.0244 e. The number of rotatable bonds is 3. The Kier molecular flexibility index (Phi) is 5.01. The molecule has 1 aliphatic rings. The molecular weight excluding hydrogens is 276 g/mol. The van der Waals surface area contributed by atoms with Crippen molar-refractivity contribution in [3.05, 3.63) is 34.3 Å². The zero-order valence-electron chi connectivity index (χ0n) is 10.5. The van der Waals surface area contributed by atoms with Gasteiger partial charge in [-0.25, -0.2) is 0 Å². The van der Waals surface area contributed by atoms with E-state index in [0.717, 1.165) is 19.1 Å². The Morgan fingerprint density at radius 3 is 2.94 bits per heavy atom. The molecule has 0 spiro atoms. The zero-order chi connectivity index (χ0) is 12.1. The van der Waals surface area contributed by atoms with Crippen molar-refractivity contribution in [2.24, 2.45) is 0 Å². The minimum Gasteiger partial charge on any atom is -0.317 e. The normalized spacial score (nSPS) is 21.5. The molecule has 94 valence electrons. The average Bonchev–Trinajstić information content (AvgIpc) is 2.61. The fourth-order valence-electron chi connectivity index (χ4n) is 2.47. The molecule has 0 bridgehead atoms. The second-order valence-corrected chi connectivity index (χ2v) is 5.70. The summed E-state index contributed by atoms with van der Waals surface area (Å²) in [5.41, 5.74) is 1.38. The van der Waals surface area contributed by atoms with Crippen LogP contribution in [0.2, 0.25) is 0 Å². The summed E-state index contributed by atoms with van der Waals surface area (Å²) in [7, 11) is 2.25. The monoisotopic (exact) mass is 296 g/mol. The lowest BCUT2D eigenvalue weighted by Gasteiger charge is -2.27. The van der Waals surface area contributed by atoms with Crippen molar-refractivity contribution in [1.29, 1.82) is 0 Å². The first-order valence-electron chi connectivity index (χ1n) is 6.42. The van der Waals surface area contributed by atoms with Crippen molar-refractivity contribution < 1.29 is 0 Å². The number of hydrogen-bond acceptors (Lipinski definition) is 2. The van der Waals surface area contributed by atoms with Crippen LogP contribution in [0.4, 0.5) is 0 Å². The second kappa shape index (κ2) is 6.53. The van der Waals surface area contributed by atoms with Crippen LogP contribution >= 0.6 is 15.9 Å². The van der Waals surface area contributed by atoms with Crippen LogP contribution in [0.1, 0.15) is 24.8 Å². The number of benzene rings is 1. The Hall–Kier alpha value is -0.380. The topological polar surface area (TPSA) is 15.3 Å². The average molecular weight is 297 g/mol. The van der Waals surface area contributed by atoms with Gasteiger partial charge in [-0.05, 0) is 51.0 Å². The van der Waals surface area contributed by atoms with E-state index >= 15 is 0 Å². The van der Waals surface area contributed by atoms with Crippen molar-refractivity contribution in [3.8, 4) is 0 Å². The maximum atomic E-state index is 3.63. The lowest BCUT2D eigenvalue weighted by Crippen LogP contribution is -2.32. The van der Waals surface area contributed by atoms with Crippen molar-refractivity contribution in [1.82, 2.24) is 10.2 Å². The fraction of sp³-hybridized carbons (Fsp3) is 0.571. The lowest BCUT2D eigenvalue weighted by molar-refractivity contribution is 0.216. The number of hydrogen-bond donors (Lipinski definition) is 1. The van der Waals surface area contributed by atoms with Crippen LogP contribution in [0.25, 0.3) is 0 Å². The van der Waals surface area contributed by atoms with Gasteiger partial charge in [0.2, 0.25) is 0 Å². The summed E-state index contributed by atoms with van der Waals surface area (Å²) in [5.74, 6) is 0. The third-order valence-corrected chi connectivity index (χ3v) is 4.32. The minimum absolute atomic E-state index is 0.720. The van der Waals surface area contributed by atoms with Gasteiger partial charge in [0, 0.05) is 17.1 Å². The maximum Gasteiger partial charge on any atom is 0.0244 e. The Balaban J connectivity index is 1.95. The molecular formula is C14H21BrN2. The first-order valence-corrected chi connectivity index (χ1v) is 7.21. The molecule has 0 radical (unpaired) electrons. The number of nitrogens with zero attached hydrogens (tertiary/aromatic N) is 1. The molecule has 0 aromatic heterocycles. The Morgan fingerprint density at radius 1 is 1.29 bits per heavy atom. The van der Waals surface area contributed by atoms with Gasteiger partial charge in [0.05, 0.1) is 0 Å².